The Kier molecular flexibility index (Phi) is 4.40. The first kappa shape index (κ1) is 13.8. The second-order valence-corrected chi connectivity index (χ2v) is 5.75. The number of aryl methyl sites for hydroxylation is 1. The molecule has 2 rings (SSSR count). The summed E-state index contributed by atoms with van der Waals surface area (Å²) in [6, 6.07) is 5.46. The van der Waals surface area contributed by atoms with Crippen molar-refractivity contribution in [1.82, 2.24) is 0 Å². The minimum atomic E-state index is -0.291. The third-order valence-corrected chi connectivity index (χ3v) is 4.05. The summed E-state index contributed by atoms with van der Waals surface area (Å²) >= 11 is 0. The van der Waals surface area contributed by atoms with Gasteiger partial charge in [0.25, 0.3) is 5.69 Å². The van der Waals surface area contributed by atoms with Crippen LogP contribution in [0.2, 0.25) is 0 Å². The van der Waals surface area contributed by atoms with E-state index in [4.69, 9.17) is 0 Å². The summed E-state index contributed by atoms with van der Waals surface area (Å²) in [5.74, 6) is 1.43. The number of nitro benzene ring substituents is 1. The molecule has 0 spiro atoms. The van der Waals surface area contributed by atoms with Crippen LogP contribution in [0.3, 0.4) is 0 Å². The molecule has 4 nitrogen and oxygen atoms in total. The van der Waals surface area contributed by atoms with Crippen molar-refractivity contribution in [2.24, 2.45) is 11.8 Å². The molecular weight excluding hydrogens is 240 g/mol. The Morgan fingerprint density at radius 2 is 2.21 bits per heavy atom. The van der Waals surface area contributed by atoms with Crippen LogP contribution in [-0.2, 0) is 0 Å². The molecule has 1 aromatic carbocycles. The Labute approximate surface area is 114 Å². The summed E-state index contributed by atoms with van der Waals surface area (Å²) < 4.78 is 0. The number of hydrogen-bond donors (Lipinski definition) is 1. The fourth-order valence-corrected chi connectivity index (χ4v) is 3.04. The Morgan fingerprint density at radius 3 is 2.89 bits per heavy atom. The Balaban J connectivity index is 2.03. The molecule has 0 heterocycles. The van der Waals surface area contributed by atoms with E-state index in [1.54, 1.807) is 19.1 Å². The van der Waals surface area contributed by atoms with Crippen molar-refractivity contribution in [1.29, 1.82) is 0 Å². The smallest absolute Gasteiger partial charge is 0.295 e. The maximum absolute atomic E-state index is 11.1. The normalized spacial score (nSPS) is 23.1. The Morgan fingerprint density at radius 1 is 1.42 bits per heavy atom. The predicted octanol–water partition coefficient (Wildman–Crippen LogP) is 4.14. The first-order valence-electron chi connectivity index (χ1n) is 7.05. The van der Waals surface area contributed by atoms with Crippen molar-refractivity contribution in [3.63, 3.8) is 0 Å². The molecule has 0 bridgehead atoms. The number of benzene rings is 1. The molecule has 1 N–H and O–H groups in total. The molecule has 19 heavy (non-hydrogen) atoms. The number of anilines is 1. The lowest BCUT2D eigenvalue weighted by molar-refractivity contribution is -0.384. The zero-order valence-corrected chi connectivity index (χ0v) is 11.7. The zero-order valence-electron chi connectivity index (χ0n) is 11.7. The molecule has 1 aliphatic rings. The van der Waals surface area contributed by atoms with Crippen molar-refractivity contribution in [3.05, 3.63) is 33.9 Å². The number of rotatable bonds is 4. The van der Waals surface area contributed by atoms with Crippen LogP contribution >= 0.6 is 0 Å². The Hall–Kier alpha value is -1.58. The summed E-state index contributed by atoms with van der Waals surface area (Å²) in [5.41, 5.74) is 1.58. The van der Waals surface area contributed by atoms with Crippen LogP contribution in [0.25, 0.3) is 0 Å². The van der Waals surface area contributed by atoms with Crippen molar-refractivity contribution in [2.45, 2.75) is 39.5 Å². The summed E-state index contributed by atoms with van der Waals surface area (Å²) in [6.45, 7) is 4.92. The molecule has 0 saturated heterocycles. The fourth-order valence-electron chi connectivity index (χ4n) is 3.04. The predicted molar refractivity (Wildman–Crippen MR) is 77.4 cm³/mol. The zero-order chi connectivity index (χ0) is 13.8. The van der Waals surface area contributed by atoms with E-state index in [1.165, 1.54) is 25.7 Å². The minimum Gasteiger partial charge on any atom is -0.379 e. The van der Waals surface area contributed by atoms with Crippen molar-refractivity contribution in [2.75, 3.05) is 11.9 Å². The highest BCUT2D eigenvalue weighted by atomic mass is 16.6. The van der Waals surface area contributed by atoms with E-state index in [0.717, 1.165) is 12.5 Å². The average molecular weight is 262 g/mol. The van der Waals surface area contributed by atoms with Crippen LogP contribution in [0.4, 0.5) is 11.4 Å². The molecule has 2 unspecified atom stereocenters. The van der Waals surface area contributed by atoms with Gasteiger partial charge in [0.2, 0.25) is 0 Å². The van der Waals surface area contributed by atoms with Gasteiger partial charge in [-0.1, -0.05) is 31.9 Å². The highest BCUT2D eigenvalue weighted by Gasteiger charge is 2.21. The van der Waals surface area contributed by atoms with Crippen LogP contribution in [0.15, 0.2) is 18.2 Å². The maximum Gasteiger partial charge on any atom is 0.295 e. The first-order chi connectivity index (χ1) is 9.08. The minimum absolute atomic E-state index is 0.214. The molecule has 104 valence electrons. The lowest BCUT2D eigenvalue weighted by Crippen LogP contribution is -2.21. The number of hydrogen-bond acceptors (Lipinski definition) is 3. The topological polar surface area (TPSA) is 55.2 Å². The number of nitrogens with zero attached hydrogens (tertiary/aromatic N) is 1. The molecule has 1 fully saturated rings. The van der Waals surface area contributed by atoms with Crippen LogP contribution in [0.1, 0.15) is 38.2 Å². The van der Waals surface area contributed by atoms with E-state index < -0.39 is 0 Å². The quantitative estimate of drug-likeness (QED) is 0.655. The van der Waals surface area contributed by atoms with E-state index in [-0.39, 0.29) is 10.6 Å². The second kappa shape index (κ2) is 6.04. The van der Waals surface area contributed by atoms with E-state index in [1.807, 2.05) is 6.07 Å². The van der Waals surface area contributed by atoms with Gasteiger partial charge in [0, 0.05) is 12.1 Å². The van der Waals surface area contributed by atoms with Gasteiger partial charge in [-0.2, -0.15) is 0 Å². The van der Waals surface area contributed by atoms with Gasteiger partial charge >= 0.3 is 0 Å². The van der Waals surface area contributed by atoms with Gasteiger partial charge < -0.3 is 5.32 Å². The molecule has 1 aliphatic carbocycles. The summed E-state index contributed by atoms with van der Waals surface area (Å²) in [5, 5.41) is 14.4. The standard InChI is InChI=1S/C15H22N2O2/c1-11-5-3-7-13(9-11)10-16-14-8-4-6-12(2)15(14)17(18)19/h4,6,8,11,13,16H,3,5,7,9-10H2,1-2H3. The lowest BCUT2D eigenvalue weighted by atomic mass is 9.82. The van der Waals surface area contributed by atoms with Crippen LogP contribution in [-0.4, -0.2) is 11.5 Å². The molecule has 0 aromatic heterocycles. The second-order valence-electron chi connectivity index (χ2n) is 5.75. The van der Waals surface area contributed by atoms with Gasteiger partial charge in [0.15, 0.2) is 0 Å². The van der Waals surface area contributed by atoms with E-state index in [9.17, 15) is 10.1 Å². The lowest BCUT2D eigenvalue weighted by Gasteiger charge is -2.27. The number of nitrogens with one attached hydrogen (secondary N) is 1. The molecule has 1 saturated carbocycles. The van der Waals surface area contributed by atoms with Crippen LogP contribution < -0.4 is 5.32 Å². The largest absolute Gasteiger partial charge is 0.379 e. The molecule has 2 atom stereocenters. The third kappa shape index (κ3) is 3.46. The van der Waals surface area contributed by atoms with E-state index >= 15 is 0 Å². The molecule has 0 amide bonds. The first-order valence-corrected chi connectivity index (χ1v) is 7.05. The summed E-state index contributed by atoms with van der Waals surface area (Å²) in [7, 11) is 0. The van der Waals surface area contributed by atoms with Gasteiger partial charge in [-0.05, 0) is 37.7 Å². The number of para-hydroxylation sites is 1. The molecule has 0 aliphatic heterocycles. The van der Waals surface area contributed by atoms with Crippen LogP contribution in [0.5, 0.6) is 0 Å². The highest BCUT2D eigenvalue weighted by Crippen LogP contribution is 2.31. The maximum atomic E-state index is 11.1. The van der Waals surface area contributed by atoms with E-state index in [2.05, 4.69) is 12.2 Å². The van der Waals surface area contributed by atoms with Gasteiger partial charge in [-0.15, -0.1) is 0 Å². The molecule has 1 aromatic rings. The van der Waals surface area contributed by atoms with Gasteiger partial charge in [-0.25, -0.2) is 0 Å². The van der Waals surface area contributed by atoms with Crippen molar-refractivity contribution >= 4 is 11.4 Å². The third-order valence-electron chi connectivity index (χ3n) is 4.05. The highest BCUT2D eigenvalue weighted by molar-refractivity contribution is 5.64. The Bertz CT molecular complexity index is 459. The average Bonchev–Trinajstić information content (AvgIpc) is 2.36. The van der Waals surface area contributed by atoms with Gasteiger partial charge in [-0.3, -0.25) is 10.1 Å². The molecule has 4 heteroatoms. The number of nitro groups is 1. The van der Waals surface area contributed by atoms with Crippen LogP contribution in [0, 0.1) is 28.9 Å². The summed E-state index contributed by atoms with van der Waals surface area (Å²) in [6.07, 6.45) is 5.06. The van der Waals surface area contributed by atoms with Crippen molar-refractivity contribution < 1.29 is 4.92 Å². The van der Waals surface area contributed by atoms with Gasteiger partial charge in [0.05, 0.1) is 4.92 Å². The fraction of sp³-hybridized carbons (Fsp3) is 0.600. The summed E-state index contributed by atoms with van der Waals surface area (Å²) in [4.78, 5) is 10.8. The molecule has 0 radical (unpaired) electrons. The van der Waals surface area contributed by atoms with Crippen molar-refractivity contribution in [3.8, 4) is 0 Å². The SMILES string of the molecule is Cc1cccc(NCC2CCCC(C)C2)c1[N+](=O)[O-]. The molecular formula is C15H22N2O2. The van der Waals surface area contributed by atoms with Gasteiger partial charge in [0.1, 0.15) is 5.69 Å². The van der Waals surface area contributed by atoms with E-state index in [0.29, 0.717) is 17.2 Å². The monoisotopic (exact) mass is 262 g/mol.